The van der Waals surface area contributed by atoms with Crippen molar-refractivity contribution in [3.63, 3.8) is 0 Å². The Labute approximate surface area is 132 Å². The summed E-state index contributed by atoms with van der Waals surface area (Å²) in [5, 5.41) is 19.8. The topological polar surface area (TPSA) is 89.8 Å². The van der Waals surface area contributed by atoms with Crippen LogP contribution < -0.4 is 5.56 Å². The summed E-state index contributed by atoms with van der Waals surface area (Å²) in [5.74, 6) is 0.626. The van der Waals surface area contributed by atoms with Gasteiger partial charge in [0, 0.05) is 11.9 Å². The van der Waals surface area contributed by atoms with Gasteiger partial charge in [0.2, 0.25) is 0 Å². The maximum Gasteiger partial charge on any atom is 0.267 e. The zero-order valence-corrected chi connectivity index (χ0v) is 12.7. The zero-order valence-electron chi connectivity index (χ0n) is 11.9. The lowest BCUT2D eigenvalue weighted by Gasteiger charge is -2.19. The summed E-state index contributed by atoms with van der Waals surface area (Å²) in [6.45, 7) is 0. The number of aromatic amines is 1. The average molecular weight is 313 g/mol. The van der Waals surface area contributed by atoms with Gasteiger partial charge in [-0.15, -0.1) is 11.8 Å². The van der Waals surface area contributed by atoms with E-state index in [0.717, 1.165) is 41.8 Å². The Kier molecular flexibility index (Phi) is 4.16. The van der Waals surface area contributed by atoms with Crippen LogP contribution in [0, 0.1) is 11.3 Å². The molecular weight excluding hydrogens is 298 g/mol. The van der Waals surface area contributed by atoms with Gasteiger partial charge in [0.05, 0.1) is 10.7 Å². The van der Waals surface area contributed by atoms with E-state index < -0.39 is 0 Å². The molecule has 2 N–H and O–H groups in total. The molecule has 0 radical (unpaired) electrons. The quantitative estimate of drug-likeness (QED) is 0.850. The SMILES string of the molecule is N#Cc1c2c(c(SCc3ncccc3O)[nH]c1=O)CCCC2. The van der Waals surface area contributed by atoms with E-state index in [-0.39, 0.29) is 16.9 Å². The van der Waals surface area contributed by atoms with Crippen LogP contribution in [0.3, 0.4) is 0 Å². The predicted molar refractivity (Wildman–Crippen MR) is 83.9 cm³/mol. The van der Waals surface area contributed by atoms with Crippen molar-refractivity contribution < 1.29 is 5.11 Å². The van der Waals surface area contributed by atoms with Gasteiger partial charge in [-0.25, -0.2) is 0 Å². The highest BCUT2D eigenvalue weighted by atomic mass is 32.2. The molecule has 0 aliphatic heterocycles. The molecule has 1 aliphatic rings. The Balaban J connectivity index is 1.95. The normalized spacial score (nSPS) is 13.4. The standard InChI is InChI=1S/C16H15N3O2S/c17-8-12-10-4-1-2-5-11(10)16(19-15(12)21)22-9-13-14(20)6-3-7-18-13/h3,6-7,20H,1-2,4-5,9H2,(H,19,21). The van der Waals surface area contributed by atoms with Crippen LogP contribution in [0.15, 0.2) is 28.2 Å². The van der Waals surface area contributed by atoms with E-state index in [1.807, 2.05) is 6.07 Å². The van der Waals surface area contributed by atoms with Crippen LogP contribution in [0.25, 0.3) is 0 Å². The highest BCUT2D eigenvalue weighted by Crippen LogP contribution is 2.32. The number of fused-ring (bicyclic) bond motifs is 1. The number of H-pyrrole nitrogens is 1. The Bertz CT molecular complexity index is 808. The number of hydrogen-bond acceptors (Lipinski definition) is 5. The molecule has 0 bridgehead atoms. The fourth-order valence-electron chi connectivity index (χ4n) is 2.73. The first kappa shape index (κ1) is 14.7. The summed E-state index contributed by atoms with van der Waals surface area (Å²) in [7, 11) is 0. The number of aromatic nitrogens is 2. The molecular formula is C16H15N3O2S. The lowest BCUT2D eigenvalue weighted by molar-refractivity contribution is 0.467. The lowest BCUT2D eigenvalue weighted by Crippen LogP contribution is -2.20. The third-order valence-corrected chi connectivity index (χ3v) is 4.88. The van der Waals surface area contributed by atoms with Crippen molar-refractivity contribution >= 4 is 11.8 Å². The van der Waals surface area contributed by atoms with Crippen LogP contribution in [0.2, 0.25) is 0 Å². The molecule has 6 heteroatoms. The first-order valence-electron chi connectivity index (χ1n) is 7.14. The van der Waals surface area contributed by atoms with Crippen LogP contribution in [0.5, 0.6) is 5.75 Å². The number of nitriles is 1. The second-order valence-corrected chi connectivity index (χ2v) is 6.18. The van der Waals surface area contributed by atoms with Gasteiger partial charge in [-0.3, -0.25) is 9.78 Å². The van der Waals surface area contributed by atoms with Gasteiger partial charge in [0.1, 0.15) is 17.4 Å². The minimum absolute atomic E-state index is 0.153. The molecule has 0 unspecified atom stereocenters. The van der Waals surface area contributed by atoms with Gasteiger partial charge in [-0.1, -0.05) is 0 Å². The van der Waals surface area contributed by atoms with Crippen molar-refractivity contribution in [2.45, 2.75) is 36.5 Å². The predicted octanol–water partition coefficient (Wildman–Crippen LogP) is 2.52. The second-order valence-electron chi connectivity index (χ2n) is 5.19. The minimum Gasteiger partial charge on any atom is -0.506 e. The molecule has 112 valence electrons. The first-order valence-corrected chi connectivity index (χ1v) is 8.13. The van der Waals surface area contributed by atoms with E-state index in [4.69, 9.17) is 0 Å². The van der Waals surface area contributed by atoms with Crippen molar-refractivity contribution in [3.8, 4) is 11.8 Å². The van der Waals surface area contributed by atoms with E-state index in [9.17, 15) is 15.2 Å². The van der Waals surface area contributed by atoms with E-state index in [1.54, 1.807) is 18.3 Å². The number of nitrogens with one attached hydrogen (secondary N) is 1. The fraction of sp³-hybridized carbons (Fsp3) is 0.312. The summed E-state index contributed by atoms with van der Waals surface area (Å²) < 4.78 is 0. The molecule has 22 heavy (non-hydrogen) atoms. The molecule has 2 heterocycles. The Morgan fingerprint density at radius 1 is 1.36 bits per heavy atom. The largest absolute Gasteiger partial charge is 0.506 e. The highest BCUT2D eigenvalue weighted by Gasteiger charge is 2.20. The average Bonchev–Trinajstić information content (AvgIpc) is 2.54. The second kappa shape index (κ2) is 6.24. The summed E-state index contributed by atoms with van der Waals surface area (Å²) in [4.78, 5) is 19.0. The zero-order chi connectivity index (χ0) is 15.5. The van der Waals surface area contributed by atoms with E-state index >= 15 is 0 Å². The maximum atomic E-state index is 12.1. The van der Waals surface area contributed by atoms with Crippen LogP contribution in [-0.2, 0) is 18.6 Å². The number of rotatable bonds is 3. The van der Waals surface area contributed by atoms with Crippen molar-refractivity contribution in [1.29, 1.82) is 5.26 Å². The fourth-order valence-corrected chi connectivity index (χ4v) is 3.80. The van der Waals surface area contributed by atoms with Gasteiger partial charge < -0.3 is 10.1 Å². The smallest absolute Gasteiger partial charge is 0.267 e. The molecule has 2 aromatic rings. The number of pyridine rings is 2. The number of hydrogen-bond donors (Lipinski definition) is 2. The minimum atomic E-state index is -0.323. The molecule has 3 rings (SSSR count). The summed E-state index contributed by atoms with van der Waals surface area (Å²) >= 11 is 1.45. The van der Waals surface area contributed by atoms with Crippen LogP contribution >= 0.6 is 11.8 Å². The molecule has 0 fully saturated rings. The summed E-state index contributed by atoms with van der Waals surface area (Å²) in [6, 6.07) is 5.30. The van der Waals surface area contributed by atoms with Crippen molar-refractivity contribution in [2.24, 2.45) is 0 Å². The van der Waals surface area contributed by atoms with Gasteiger partial charge >= 0.3 is 0 Å². The van der Waals surface area contributed by atoms with Crippen molar-refractivity contribution in [2.75, 3.05) is 0 Å². The van der Waals surface area contributed by atoms with Crippen molar-refractivity contribution in [1.82, 2.24) is 9.97 Å². The summed E-state index contributed by atoms with van der Waals surface area (Å²) in [5.41, 5.74) is 2.48. The number of thioether (sulfide) groups is 1. The molecule has 0 amide bonds. The first-order chi connectivity index (χ1) is 10.7. The number of aromatic hydroxyl groups is 1. The van der Waals surface area contributed by atoms with Gasteiger partial charge in [0.15, 0.2) is 0 Å². The van der Waals surface area contributed by atoms with Gasteiger partial charge in [-0.05, 0) is 48.9 Å². The van der Waals surface area contributed by atoms with Crippen LogP contribution in [-0.4, -0.2) is 15.1 Å². The summed E-state index contributed by atoms with van der Waals surface area (Å²) in [6.07, 6.45) is 5.36. The molecule has 5 nitrogen and oxygen atoms in total. The van der Waals surface area contributed by atoms with Gasteiger partial charge in [-0.2, -0.15) is 5.26 Å². The molecule has 0 spiro atoms. The maximum absolute atomic E-state index is 12.1. The van der Waals surface area contributed by atoms with Crippen LogP contribution in [0.1, 0.15) is 35.2 Å². The van der Waals surface area contributed by atoms with E-state index in [2.05, 4.69) is 9.97 Å². The Hall–Kier alpha value is -2.26. The third-order valence-electron chi connectivity index (χ3n) is 3.83. The van der Waals surface area contributed by atoms with Gasteiger partial charge in [0.25, 0.3) is 5.56 Å². The Morgan fingerprint density at radius 2 is 2.14 bits per heavy atom. The highest BCUT2D eigenvalue weighted by molar-refractivity contribution is 7.98. The van der Waals surface area contributed by atoms with Crippen molar-refractivity contribution in [3.05, 3.63) is 51.1 Å². The number of nitrogens with zero attached hydrogens (tertiary/aromatic N) is 2. The Morgan fingerprint density at radius 3 is 2.86 bits per heavy atom. The molecule has 0 saturated carbocycles. The third kappa shape index (κ3) is 2.72. The molecule has 0 atom stereocenters. The molecule has 1 aliphatic carbocycles. The van der Waals surface area contributed by atoms with Crippen LogP contribution in [0.4, 0.5) is 0 Å². The molecule has 2 aromatic heterocycles. The van der Waals surface area contributed by atoms with E-state index in [1.165, 1.54) is 11.8 Å². The molecule has 0 aromatic carbocycles. The molecule has 0 saturated heterocycles. The lowest BCUT2D eigenvalue weighted by atomic mass is 9.90. The van der Waals surface area contributed by atoms with E-state index in [0.29, 0.717) is 11.4 Å². The monoisotopic (exact) mass is 313 g/mol.